The van der Waals surface area contributed by atoms with Gasteiger partial charge in [-0.3, -0.25) is 9.36 Å². The van der Waals surface area contributed by atoms with Gasteiger partial charge in [-0.2, -0.15) is 8.78 Å². The number of aromatic nitrogens is 2. The number of benzene rings is 2. The van der Waals surface area contributed by atoms with Gasteiger partial charge in [-0.05, 0) is 36.2 Å². The number of hydrogen-bond donors (Lipinski definition) is 0. The summed E-state index contributed by atoms with van der Waals surface area (Å²) in [5, 5.41) is 1.14. The van der Waals surface area contributed by atoms with Crippen molar-refractivity contribution in [3.63, 3.8) is 0 Å². The highest BCUT2D eigenvalue weighted by atomic mass is 32.2. The average Bonchev–Trinajstić information content (AvgIpc) is 2.72. The lowest BCUT2D eigenvalue weighted by molar-refractivity contribution is 0.234. The van der Waals surface area contributed by atoms with Crippen LogP contribution in [0.5, 0.6) is 0 Å². The van der Waals surface area contributed by atoms with Gasteiger partial charge in [0.25, 0.3) is 5.56 Å². The van der Waals surface area contributed by atoms with E-state index in [0.29, 0.717) is 28.4 Å². The summed E-state index contributed by atoms with van der Waals surface area (Å²) in [4.78, 5) is 17.1. The van der Waals surface area contributed by atoms with Crippen LogP contribution in [0, 0.1) is 0 Å². The Bertz CT molecular complexity index is 1160. The van der Waals surface area contributed by atoms with Gasteiger partial charge in [-0.15, -0.1) is 0 Å². The first-order valence-electron chi connectivity index (χ1n) is 9.08. The second-order valence-corrected chi connectivity index (χ2v) is 9.32. The molecule has 1 heterocycles. The number of rotatable bonds is 8. The quantitative estimate of drug-likeness (QED) is 0.383. The zero-order valence-corrected chi connectivity index (χ0v) is 17.3. The topological polar surface area (TPSA) is 69.0 Å². The van der Waals surface area contributed by atoms with Crippen LogP contribution in [0.3, 0.4) is 0 Å². The van der Waals surface area contributed by atoms with Gasteiger partial charge in [0.15, 0.2) is 5.16 Å². The van der Waals surface area contributed by atoms with Crippen LogP contribution in [0.2, 0.25) is 0 Å². The maximum atomic E-state index is 12.9. The minimum Gasteiger partial charge on any atom is -0.287 e. The molecule has 0 saturated heterocycles. The Morgan fingerprint density at radius 2 is 1.79 bits per heavy atom. The fourth-order valence-corrected chi connectivity index (χ4v) is 4.50. The van der Waals surface area contributed by atoms with Gasteiger partial charge in [0.2, 0.25) is 9.84 Å². The summed E-state index contributed by atoms with van der Waals surface area (Å²) in [6.07, 6.45) is 1.77. The molecular weight excluding hydrogens is 418 g/mol. The van der Waals surface area contributed by atoms with E-state index in [0.717, 1.165) is 18.4 Å². The van der Waals surface area contributed by atoms with Gasteiger partial charge in [-0.25, -0.2) is 13.4 Å². The molecule has 0 N–H and O–H groups in total. The van der Waals surface area contributed by atoms with E-state index >= 15 is 0 Å². The predicted molar refractivity (Wildman–Crippen MR) is 110 cm³/mol. The first kappa shape index (κ1) is 21.4. The van der Waals surface area contributed by atoms with Crippen LogP contribution in [0.1, 0.15) is 25.3 Å². The molecule has 0 saturated carbocycles. The number of unbranched alkanes of at least 4 members (excludes halogenated alkanes) is 1. The zero-order chi connectivity index (χ0) is 21.0. The van der Waals surface area contributed by atoms with Crippen LogP contribution in [0.15, 0.2) is 63.4 Å². The highest BCUT2D eigenvalue weighted by Crippen LogP contribution is 2.24. The lowest BCUT2D eigenvalue weighted by Gasteiger charge is -2.13. The molecule has 0 radical (unpaired) electrons. The number of fused-ring (bicyclic) bond motifs is 1. The number of sulfone groups is 1. The molecule has 1 aromatic heterocycles. The van der Waals surface area contributed by atoms with Crippen molar-refractivity contribution in [3.8, 4) is 0 Å². The lowest BCUT2D eigenvalue weighted by atomic mass is 10.2. The SMILES string of the molecule is CCCCn1c(SCc2ccc(S(=O)(=O)C(F)F)cc2)nc2ccccc2c1=O. The van der Waals surface area contributed by atoms with E-state index in [1.165, 1.54) is 36.0 Å². The third kappa shape index (κ3) is 4.67. The molecule has 0 fully saturated rings. The number of para-hydroxylation sites is 1. The van der Waals surface area contributed by atoms with Crippen molar-refractivity contribution in [1.82, 2.24) is 9.55 Å². The van der Waals surface area contributed by atoms with Crippen molar-refractivity contribution in [3.05, 3.63) is 64.4 Å². The van der Waals surface area contributed by atoms with Crippen molar-refractivity contribution >= 4 is 32.5 Å². The molecule has 2 aromatic carbocycles. The highest BCUT2D eigenvalue weighted by Gasteiger charge is 2.26. The summed E-state index contributed by atoms with van der Waals surface area (Å²) < 4.78 is 50.0. The van der Waals surface area contributed by atoms with Crippen LogP contribution in [-0.4, -0.2) is 23.7 Å². The molecule has 0 aliphatic heterocycles. The summed E-state index contributed by atoms with van der Waals surface area (Å²) in [7, 11) is -4.61. The van der Waals surface area contributed by atoms with Gasteiger partial charge < -0.3 is 0 Å². The number of hydrogen-bond acceptors (Lipinski definition) is 5. The third-order valence-electron chi connectivity index (χ3n) is 4.42. The molecule has 5 nitrogen and oxygen atoms in total. The number of nitrogens with zero attached hydrogens (tertiary/aromatic N) is 2. The Hall–Kier alpha value is -2.26. The summed E-state index contributed by atoms with van der Waals surface area (Å²) in [5.74, 6) is -3.02. The van der Waals surface area contributed by atoms with Crippen molar-refractivity contribution in [1.29, 1.82) is 0 Å². The highest BCUT2D eigenvalue weighted by molar-refractivity contribution is 7.98. The Labute approximate surface area is 171 Å². The largest absolute Gasteiger partial charge is 0.341 e. The molecule has 0 unspecified atom stereocenters. The van der Waals surface area contributed by atoms with Crippen LogP contribution >= 0.6 is 11.8 Å². The van der Waals surface area contributed by atoms with Gasteiger partial charge in [-0.1, -0.05) is 49.4 Å². The normalized spacial score (nSPS) is 12.0. The van der Waals surface area contributed by atoms with E-state index in [9.17, 15) is 22.0 Å². The van der Waals surface area contributed by atoms with Crippen molar-refractivity contribution in [2.75, 3.05) is 0 Å². The number of thioether (sulfide) groups is 1. The van der Waals surface area contributed by atoms with Gasteiger partial charge in [0, 0.05) is 12.3 Å². The molecule has 0 aliphatic rings. The zero-order valence-electron chi connectivity index (χ0n) is 15.7. The molecule has 0 spiro atoms. The van der Waals surface area contributed by atoms with E-state index in [2.05, 4.69) is 4.98 Å². The minimum atomic E-state index is -4.61. The average molecular weight is 439 g/mol. The Morgan fingerprint density at radius 3 is 2.45 bits per heavy atom. The first-order chi connectivity index (χ1) is 13.8. The molecule has 3 rings (SSSR count). The van der Waals surface area contributed by atoms with E-state index < -0.39 is 20.5 Å². The van der Waals surface area contributed by atoms with Crippen LogP contribution in [-0.2, 0) is 22.1 Å². The smallest absolute Gasteiger partial charge is 0.287 e. The second kappa shape index (κ2) is 9.04. The first-order valence-corrected chi connectivity index (χ1v) is 11.6. The molecule has 0 bridgehead atoms. The Kier molecular flexibility index (Phi) is 6.69. The van der Waals surface area contributed by atoms with Gasteiger partial charge in [0.1, 0.15) is 0 Å². The maximum Gasteiger partial charge on any atom is 0.341 e. The molecule has 29 heavy (non-hydrogen) atoms. The standard InChI is InChI=1S/C20H20F2N2O3S2/c1-2-3-12-24-18(25)16-6-4-5-7-17(16)23-20(24)28-13-14-8-10-15(11-9-14)29(26,27)19(21)22/h4-11,19H,2-3,12-13H2,1H3. The predicted octanol–water partition coefficient (Wildman–Crippen LogP) is 4.49. The van der Waals surface area contributed by atoms with Crippen molar-refractivity contribution < 1.29 is 17.2 Å². The second-order valence-electron chi connectivity index (χ2n) is 6.46. The van der Waals surface area contributed by atoms with E-state index in [4.69, 9.17) is 0 Å². The van der Waals surface area contributed by atoms with E-state index in [1.807, 2.05) is 13.0 Å². The Morgan fingerprint density at radius 1 is 1.10 bits per heavy atom. The number of halogens is 2. The molecule has 3 aromatic rings. The van der Waals surface area contributed by atoms with Crippen molar-refractivity contribution in [2.45, 2.75) is 47.9 Å². The number of alkyl halides is 2. The van der Waals surface area contributed by atoms with E-state index in [-0.39, 0.29) is 5.56 Å². The molecule has 0 aliphatic carbocycles. The van der Waals surface area contributed by atoms with Gasteiger partial charge >= 0.3 is 5.76 Å². The summed E-state index contributed by atoms with van der Waals surface area (Å²) in [6.45, 7) is 2.60. The van der Waals surface area contributed by atoms with Crippen LogP contribution in [0.4, 0.5) is 8.78 Å². The summed E-state index contributed by atoms with van der Waals surface area (Å²) in [6, 6.07) is 12.5. The molecule has 0 atom stereocenters. The lowest BCUT2D eigenvalue weighted by Crippen LogP contribution is -2.23. The van der Waals surface area contributed by atoms with E-state index in [1.54, 1.807) is 22.8 Å². The van der Waals surface area contributed by atoms with Crippen molar-refractivity contribution in [2.24, 2.45) is 0 Å². The van der Waals surface area contributed by atoms with Gasteiger partial charge in [0.05, 0.1) is 15.8 Å². The Balaban J connectivity index is 1.87. The molecule has 9 heteroatoms. The molecule has 0 amide bonds. The fourth-order valence-electron chi connectivity index (χ4n) is 2.80. The fraction of sp³-hybridized carbons (Fsp3) is 0.300. The van der Waals surface area contributed by atoms with Crippen LogP contribution < -0.4 is 5.56 Å². The minimum absolute atomic E-state index is 0.0927. The van der Waals surface area contributed by atoms with Crippen LogP contribution in [0.25, 0.3) is 10.9 Å². The third-order valence-corrected chi connectivity index (χ3v) is 6.86. The summed E-state index contributed by atoms with van der Waals surface area (Å²) >= 11 is 1.35. The molecule has 154 valence electrons. The molecular formula is C20H20F2N2O3S2. The monoisotopic (exact) mass is 438 g/mol. The summed E-state index contributed by atoms with van der Waals surface area (Å²) in [5.41, 5.74) is 1.27. The maximum absolute atomic E-state index is 12.9.